The van der Waals surface area contributed by atoms with Crippen molar-refractivity contribution in [2.75, 3.05) is 19.0 Å². The molecule has 0 saturated heterocycles. The third-order valence-corrected chi connectivity index (χ3v) is 3.08. The van der Waals surface area contributed by atoms with Crippen LogP contribution in [0.25, 0.3) is 11.4 Å². The smallest absolute Gasteiger partial charge is 0.161 e. The topological polar surface area (TPSA) is 67.3 Å². The van der Waals surface area contributed by atoms with Crippen LogP contribution < -0.4 is 10.1 Å². The van der Waals surface area contributed by atoms with E-state index >= 15 is 0 Å². The maximum absolute atomic E-state index is 9.90. The standard InChI is InChI=1S/C16H21N3O2/c1-4-6-12-10-15(17-5-2)19-16(18-12)11-7-8-14(21-3)13(20)9-11/h7-10,20H,4-6H2,1-3H3,(H,17,18,19). The van der Waals surface area contributed by atoms with Crippen molar-refractivity contribution in [3.8, 4) is 22.9 Å². The number of aromatic hydroxyl groups is 1. The van der Waals surface area contributed by atoms with Gasteiger partial charge in [0.15, 0.2) is 17.3 Å². The number of anilines is 1. The highest BCUT2D eigenvalue weighted by molar-refractivity contribution is 5.62. The molecule has 0 unspecified atom stereocenters. The molecule has 0 fully saturated rings. The Bertz CT molecular complexity index is 590. The number of methoxy groups -OCH3 is 1. The number of aromatic nitrogens is 2. The van der Waals surface area contributed by atoms with Crippen LogP contribution in [-0.2, 0) is 6.42 Å². The van der Waals surface area contributed by atoms with Crippen LogP contribution in [0.5, 0.6) is 11.5 Å². The van der Waals surface area contributed by atoms with Crippen LogP contribution in [0.4, 0.5) is 5.82 Å². The van der Waals surface area contributed by atoms with E-state index in [1.165, 1.54) is 7.11 Å². The van der Waals surface area contributed by atoms with Gasteiger partial charge in [-0.05, 0) is 31.5 Å². The second kappa shape index (κ2) is 6.92. The van der Waals surface area contributed by atoms with Crippen LogP contribution in [0.1, 0.15) is 26.0 Å². The number of nitrogens with one attached hydrogen (secondary N) is 1. The average Bonchev–Trinajstić information content (AvgIpc) is 2.47. The molecule has 0 aliphatic carbocycles. The van der Waals surface area contributed by atoms with Gasteiger partial charge in [0.25, 0.3) is 0 Å². The van der Waals surface area contributed by atoms with Crippen molar-refractivity contribution in [2.24, 2.45) is 0 Å². The predicted octanol–water partition coefficient (Wildman–Crippen LogP) is 3.24. The third-order valence-electron chi connectivity index (χ3n) is 3.08. The molecule has 1 aromatic heterocycles. The number of ether oxygens (including phenoxy) is 1. The summed E-state index contributed by atoms with van der Waals surface area (Å²) in [5, 5.41) is 13.1. The molecular formula is C16H21N3O2. The van der Waals surface area contributed by atoms with E-state index in [4.69, 9.17) is 4.74 Å². The molecule has 1 aromatic carbocycles. The number of rotatable bonds is 6. The minimum Gasteiger partial charge on any atom is -0.504 e. The van der Waals surface area contributed by atoms with E-state index in [1.807, 2.05) is 19.1 Å². The zero-order chi connectivity index (χ0) is 15.2. The SMILES string of the molecule is CCCc1cc(NCC)nc(-c2ccc(OC)c(O)c2)n1. The summed E-state index contributed by atoms with van der Waals surface area (Å²) in [6.07, 6.45) is 1.92. The summed E-state index contributed by atoms with van der Waals surface area (Å²) in [7, 11) is 1.52. The van der Waals surface area contributed by atoms with Gasteiger partial charge in [-0.15, -0.1) is 0 Å². The van der Waals surface area contributed by atoms with Crippen LogP contribution in [0.2, 0.25) is 0 Å². The summed E-state index contributed by atoms with van der Waals surface area (Å²) in [6.45, 7) is 4.95. The fourth-order valence-electron chi connectivity index (χ4n) is 2.11. The van der Waals surface area contributed by atoms with E-state index < -0.39 is 0 Å². The van der Waals surface area contributed by atoms with E-state index in [0.29, 0.717) is 11.6 Å². The zero-order valence-corrected chi connectivity index (χ0v) is 12.7. The molecule has 2 rings (SSSR count). The van der Waals surface area contributed by atoms with E-state index in [0.717, 1.165) is 36.5 Å². The molecule has 2 aromatic rings. The van der Waals surface area contributed by atoms with Crippen LogP contribution in [0.3, 0.4) is 0 Å². The third kappa shape index (κ3) is 3.62. The summed E-state index contributed by atoms with van der Waals surface area (Å²) in [6, 6.07) is 7.16. The molecule has 0 bridgehead atoms. The van der Waals surface area contributed by atoms with Crippen molar-refractivity contribution in [3.63, 3.8) is 0 Å². The number of phenolic OH excluding ortho intramolecular Hbond substituents is 1. The van der Waals surface area contributed by atoms with Gasteiger partial charge in [-0.1, -0.05) is 13.3 Å². The molecule has 0 amide bonds. The lowest BCUT2D eigenvalue weighted by Crippen LogP contribution is -2.04. The van der Waals surface area contributed by atoms with E-state index in [-0.39, 0.29) is 5.75 Å². The van der Waals surface area contributed by atoms with Crippen LogP contribution in [0, 0.1) is 0 Å². The van der Waals surface area contributed by atoms with Crippen LogP contribution >= 0.6 is 0 Å². The number of hydrogen-bond acceptors (Lipinski definition) is 5. The van der Waals surface area contributed by atoms with Gasteiger partial charge in [0.1, 0.15) is 5.82 Å². The molecular weight excluding hydrogens is 266 g/mol. The molecule has 0 radical (unpaired) electrons. The first kappa shape index (κ1) is 15.1. The van der Waals surface area contributed by atoms with E-state index in [1.54, 1.807) is 12.1 Å². The largest absolute Gasteiger partial charge is 0.504 e. The lowest BCUT2D eigenvalue weighted by molar-refractivity contribution is 0.373. The number of phenols is 1. The van der Waals surface area contributed by atoms with Gasteiger partial charge in [-0.3, -0.25) is 0 Å². The molecule has 1 heterocycles. The lowest BCUT2D eigenvalue weighted by Gasteiger charge is -2.10. The minimum absolute atomic E-state index is 0.0875. The molecule has 21 heavy (non-hydrogen) atoms. The fourth-order valence-corrected chi connectivity index (χ4v) is 2.11. The van der Waals surface area contributed by atoms with Gasteiger partial charge in [0.05, 0.1) is 7.11 Å². The maximum Gasteiger partial charge on any atom is 0.161 e. The number of aryl methyl sites for hydroxylation is 1. The van der Waals surface area contributed by atoms with Crippen molar-refractivity contribution >= 4 is 5.82 Å². The second-order valence-electron chi connectivity index (χ2n) is 4.74. The summed E-state index contributed by atoms with van der Waals surface area (Å²) in [5.41, 5.74) is 1.76. The average molecular weight is 287 g/mol. The summed E-state index contributed by atoms with van der Waals surface area (Å²) in [4.78, 5) is 9.07. The summed E-state index contributed by atoms with van der Waals surface area (Å²) in [5.74, 6) is 1.94. The Kier molecular flexibility index (Phi) is 4.98. The van der Waals surface area contributed by atoms with Crippen LogP contribution in [-0.4, -0.2) is 28.7 Å². The lowest BCUT2D eigenvalue weighted by atomic mass is 10.1. The van der Waals surface area contributed by atoms with Crippen molar-refractivity contribution in [1.29, 1.82) is 0 Å². The van der Waals surface area contributed by atoms with Gasteiger partial charge in [-0.25, -0.2) is 9.97 Å². The Hall–Kier alpha value is -2.30. The molecule has 5 nitrogen and oxygen atoms in total. The van der Waals surface area contributed by atoms with Gasteiger partial charge in [-0.2, -0.15) is 0 Å². The predicted molar refractivity (Wildman–Crippen MR) is 83.8 cm³/mol. The molecule has 2 N–H and O–H groups in total. The molecule has 5 heteroatoms. The van der Waals surface area contributed by atoms with Gasteiger partial charge < -0.3 is 15.2 Å². The number of benzene rings is 1. The number of nitrogens with zero attached hydrogens (tertiary/aromatic N) is 2. The maximum atomic E-state index is 9.90. The first-order valence-electron chi connectivity index (χ1n) is 7.17. The van der Waals surface area contributed by atoms with Gasteiger partial charge in [0.2, 0.25) is 0 Å². The van der Waals surface area contributed by atoms with E-state index in [2.05, 4.69) is 22.2 Å². The van der Waals surface area contributed by atoms with Crippen molar-refractivity contribution in [2.45, 2.75) is 26.7 Å². The molecule has 0 saturated carbocycles. The molecule has 0 spiro atoms. The first-order valence-corrected chi connectivity index (χ1v) is 7.17. The Morgan fingerprint density at radius 3 is 2.62 bits per heavy atom. The highest BCUT2D eigenvalue weighted by atomic mass is 16.5. The Labute approximate surface area is 125 Å². The van der Waals surface area contributed by atoms with Crippen LogP contribution in [0.15, 0.2) is 24.3 Å². The minimum atomic E-state index is 0.0875. The first-order chi connectivity index (χ1) is 10.2. The molecule has 0 atom stereocenters. The monoisotopic (exact) mass is 287 g/mol. The quantitative estimate of drug-likeness (QED) is 0.853. The molecule has 112 valence electrons. The highest BCUT2D eigenvalue weighted by Gasteiger charge is 2.09. The van der Waals surface area contributed by atoms with Gasteiger partial charge >= 0.3 is 0 Å². The van der Waals surface area contributed by atoms with E-state index in [9.17, 15) is 5.11 Å². The second-order valence-corrected chi connectivity index (χ2v) is 4.74. The molecule has 0 aliphatic rings. The van der Waals surface area contributed by atoms with Gasteiger partial charge in [0, 0.05) is 23.9 Å². The highest BCUT2D eigenvalue weighted by Crippen LogP contribution is 2.30. The zero-order valence-electron chi connectivity index (χ0n) is 12.7. The Balaban J connectivity index is 2.43. The van der Waals surface area contributed by atoms with Crippen molar-refractivity contribution < 1.29 is 9.84 Å². The van der Waals surface area contributed by atoms with Crippen molar-refractivity contribution in [3.05, 3.63) is 30.0 Å². The summed E-state index contributed by atoms with van der Waals surface area (Å²) >= 11 is 0. The van der Waals surface area contributed by atoms with Crippen molar-refractivity contribution in [1.82, 2.24) is 9.97 Å². The molecule has 0 aliphatic heterocycles. The Morgan fingerprint density at radius 1 is 1.19 bits per heavy atom. The Morgan fingerprint density at radius 2 is 2.00 bits per heavy atom. The number of hydrogen-bond donors (Lipinski definition) is 2. The fraction of sp³-hybridized carbons (Fsp3) is 0.375. The summed E-state index contributed by atoms with van der Waals surface area (Å²) < 4.78 is 5.06. The normalized spacial score (nSPS) is 10.4.